The van der Waals surface area contributed by atoms with E-state index in [9.17, 15) is 4.57 Å². The zero-order valence-electron chi connectivity index (χ0n) is 12.3. The molecule has 0 amide bonds. The van der Waals surface area contributed by atoms with Gasteiger partial charge in [-0.25, -0.2) is 0 Å². The molecule has 1 atom stereocenters. The second kappa shape index (κ2) is 5.86. The van der Waals surface area contributed by atoms with Crippen LogP contribution in [0, 0.1) is 5.41 Å². The SMILES string of the molecule is COc1ccc(C(OC)P2(=O)OCC(C)(C)CO2)cc1. The van der Waals surface area contributed by atoms with E-state index in [1.165, 1.54) is 7.11 Å². The highest BCUT2D eigenvalue weighted by atomic mass is 31.2. The van der Waals surface area contributed by atoms with Gasteiger partial charge in [0.05, 0.1) is 20.3 Å². The van der Waals surface area contributed by atoms with Crippen LogP contribution in [0.1, 0.15) is 25.3 Å². The molecule has 0 N–H and O–H groups in total. The highest BCUT2D eigenvalue weighted by Gasteiger charge is 2.44. The van der Waals surface area contributed by atoms with Crippen molar-refractivity contribution in [1.82, 2.24) is 0 Å². The minimum Gasteiger partial charge on any atom is -0.497 e. The summed E-state index contributed by atoms with van der Waals surface area (Å²) in [6.07, 6.45) is 0. The van der Waals surface area contributed by atoms with E-state index in [4.69, 9.17) is 18.5 Å². The smallest absolute Gasteiger partial charge is 0.363 e. The number of benzene rings is 1. The molecule has 0 aromatic heterocycles. The molecule has 1 aromatic carbocycles. The van der Waals surface area contributed by atoms with Gasteiger partial charge in [-0.3, -0.25) is 4.57 Å². The zero-order chi connectivity index (χ0) is 14.8. The van der Waals surface area contributed by atoms with Crippen LogP contribution in [0.25, 0.3) is 0 Å². The number of hydrogen-bond donors (Lipinski definition) is 0. The van der Waals surface area contributed by atoms with Gasteiger partial charge in [0.15, 0.2) is 5.85 Å². The third-order valence-electron chi connectivity index (χ3n) is 3.18. The van der Waals surface area contributed by atoms with Gasteiger partial charge < -0.3 is 18.5 Å². The summed E-state index contributed by atoms with van der Waals surface area (Å²) in [5, 5.41) is 0. The first kappa shape index (κ1) is 15.5. The van der Waals surface area contributed by atoms with Crippen LogP contribution in [-0.2, 0) is 18.3 Å². The third-order valence-corrected chi connectivity index (χ3v) is 5.24. The van der Waals surface area contributed by atoms with Gasteiger partial charge in [0, 0.05) is 12.5 Å². The fraction of sp³-hybridized carbons (Fsp3) is 0.571. The molecule has 1 unspecified atom stereocenters. The molecule has 0 radical (unpaired) electrons. The minimum absolute atomic E-state index is 0.133. The van der Waals surface area contributed by atoms with Crippen molar-refractivity contribution in [2.45, 2.75) is 19.7 Å². The van der Waals surface area contributed by atoms with Gasteiger partial charge in [-0.05, 0) is 17.7 Å². The minimum atomic E-state index is -3.31. The molecule has 1 heterocycles. The Bertz CT molecular complexity index is 483. The topological polar surface area (TPSA) is 54.0 Å². The lowest BCUT2D eigenvalue weighted by molar-refractivity contribution is 0.0154. The summed E-state index contributed by atoms with van der Waals surface area (Å²) in [7, 11) is -0.213. The van der Waals surface area contributed by atoms with Gasteiger partial charge in [-0.15, -0.1) is 0 Å². The molecule has 0 bridgehead atoms. The van der Waals surface area contributed by atoms with E-state index >= 15 is 0 Å². The number of rotatable bonds is 4. The monoisotopic (exact) mass is 300 g/mol. The molecule has 1 aliphatic heterocycles. The fourth-order valence-electron chi connectivity index (χ4n) is 1.96. The Morgan fingerprint density at radius 3 is 2.15 bits per heavy atom. The first-order valence-corrected chi connectivity index (χ1v) is 8.07. The van der Waals surface area contributed by atoms with E-state index < -0.39 is 13.4 Å². The summed E-state index contributed by atoms with van der Waals surface area (Å²) < 4.78 is 34.3. The lowest BCUT2D eigenvalue weighted by atomic mass is 9.97. The number of hydrogen-bond acceptors (Lipinski definition) is 5. The summed E-state index contributed by atoms with van der Waals surface area (Å²) in [5.41, 5.74) is 0.614. The van der Waals surface area contributed by atoms with Crippen LogP contribution in [0.15, 0.2) is 24.3 Å². The largest absolute Gasteiger partial charge is 0.497 e. The van der Waals surface area contributed by atoms with Crippen LogP contribution in [-0.4, -0.2) is 27.4 Å². The van der Waals surface area contributed by atoms with Gasteiger partial charge in [0.25, 0.3) is 0 Å². The van der Waals surface area contributed by atoms with Gasteiger partial charge in [-0.1, -0.05) is 26.0 Å². The maximum atomic E-state index is 12.8. The van der Waals surface area contributed by atoms with E-state index in [0.29, 0.717) is 13.2 Å². The maximum Gasteiger partial charge on any atom is 0.363 e. The average Bonchev–Trinajstić information content (AvgIpc) is 2.44. The first-order chi connectivity index (χ1) is 9.40. The quantitative estimate of drug-likeness (QED) is 0.795. The molecule has 1 saturated heterocycles. The van der Waals surface area contributed by atoms with Crippen molar-refractivity contribution in [3.05, 3.63) is 29.8 Å². The molecule has 0 spiro atoms. The van der Waals surface area contributed by atoms with Crippen molar-refractivity contribution in [2.75, 3.05) is 27.4 Å². The molecule has 2 rings (SSSR count). The highest BCUT2D eigenvalue weighted by molar-refractivity contribution is 7.54. The van der Waals surface area contributed by atoms with Gasteiger partial charge >= 0.3 is 7.60 Å². The van der Waals surface area contributed by atoms with Crippen molar-refractivity contribution < 1.29 is 23.1 Å². The predicted octanol–water partition coefficient (Wildman–Crippen LogP) is 3.61. The molecule has 112 valence electrons. The molecule has 1 fully saturated rings. The van der Waals surface area contributed by atoms with Crippen molar-refractivity contribution in [3.63, 3.8) is 0 Å². The summed E-state index contributed by atoms with van der Waals surface area (Å²) >= 11 is 0. The van der Waals surface area contributed by atoms with Crippen LogP contribution < -0.4 is 4.74 Å². The van der Waals surface area contributed by atoms with E-state index in [1.807, 2.05) is 13.8 Å². The van der Waals surface area contributed by atoms with Crippen molar-refractivity contribution >= 4 is 7.60 Å². The van der Waals surface area contributed by atoms with Crippen molar-refractivity contribution in [3.8, 4) is 5.75 Å². The second-order valence-corrected chi connectivity index (χ2v) is 7.68. The van der Waals surface area contributed by atoms with E-state index in [2.05, 4.69) is 0 Å². The zero-order valence-corrected chi connectivity index (χ0v) is 13.2. The maximum absolute atomic E-state index is 12.8. The standard InChI is InChI=1S/C14H21O5P/c1-14(2)9-18-20(15,19-10-14)13(17-4)11-5-7-12(16-3)8-6-11/h5-8,13H,9-10H2,1-4H3. The summed E-state index contributed by atoms with van der Waals surface area (Å²) in [6, 6.07) is 7.20. The van der Waals surface area contributed by atoms with Gasteiger partial charge in [-0.2, -0.15) is 0 Å². The average molecular weight is 300 g/mol. The Morgan fingerprint density at radius 2 is 1.70 bits per heavy atom. The summed E-state index contributed by atoms with van der Waals surface area (Å²) in [5.74, 6) is 0.0120. The molecular weight excluding hydrogens is 279 g/mol. The third kappa shape index (κ3) is 3.23. The molecule has 0 saturated carbocycles. The van der Waals surface area contributed by atoms with Crippen molar-refractivity contribution in [1.29, 1.82) is 0 Å². The van der Waals surface area contributed by atoms with Crippen LogP contribution in [0.5, 0.6) is 5.75 Å². The Hall–Kier alpha value is -0.870. The van der Waals surface area contributed by atoms with Crippen LogP contribution in [0.3, 0.4) is 0 Å². The summed E-state index contributed by atoms with van der Waals surface area (Å²) in [4.78, 5) is 0. The van der Waals surface area contributed by atoms with E-state index in [0.717, 1.165) is 11.3 Å². The number of methoxy groups -OCH3 is 2. The fourth-order valence-corrected chi connectivity index (χ4v) is 4.16. The van der Waals surface area contributed by atoms with Crippen LogP contribution in [0.2, 0.25) is 0 Å². The normalized spacial score (nSPS) is 22.2. The van der Waals surface area contributed by atoms with E-state index in [1.54, 1.807) is 31.4 Å². The number of ether oxygens (including phenoxy) is 2. The predicted molar refractivity (Wildman–Crippen MR) is 76.0 cm³/mol. The molecule has 0 aliphatic carbocycles. The summed E-state index contributed by atoms with van der Waals surface area (Å²) in [6.45, 7) is 4.79. The Labute approximate surface area is 119 Å². The lowest BCUT2D eigenvalue weighted by Gasteiger charge is -2.36. The van der Waals surface area contributed by atoms with E-state index in [-0.39, 0.29) is 5.41 Å². The molecular formula is C14H21O5P. The lowest BCUT2D eigenvalue weighted by Crippen LogP contribution is -2.30. The van der Waals surface area contributed by atoms with Crippen LogP contribution in [0.4, 0.5) is 0 Å². The second-order valence-electron chi connectivity index (χ2n) is 5.61. The Kier molecular flexibility index (Phi) is 4.55. The highest BCUT2D eigenvalue weighted by Crippen LogP contribution is 2.64. The molecule has 6 heteroatoms. The molecule has 5 nitrogen and oxygen atoms in total. The molecule has 20 heavy (non-hydrogen) atoms. The van der Waals surface area contributed by atoms with Crippen molar-refractivity contribution in [2.24, 2.45) is 5.41 Å². The van der Waals surface area contributed by atoms with Crippen LogP contribution >= 0.6 is 7.60 Å². The Balaban J connectivity index is 2.21. The first-order valence-electron chi connectivity index (χ1n) is 6.46. The molecule has 1 aliphatic rings. The van der Waals surface area contributed by atoms with Gasteiger partial charge in [0.1, 0.15) is 5.75 Å². The van der Waals surface area contributed by atoms with Gasteiger partial charge in [0.2, 0.25) is 0 Å². The Morgan fingerprint density at radius 1 is 1.15 bits per heavy atom. The molecule has 1 aromatic rings.